The Morgan fingerprint density at radius 2 is 1.42 bits per heavy atom. The molecule has 0 heterocycles. The van der Waals surface area contributed by atoms with Crippen LogP contribution in [0, 0.1) is 0 Å². The van der Waals surface area contributed by atoms with Gasteiger partial charge in [-0.2, -0.15) is 0 Å². The highest BCUT2D eigenvalue weighted by Gasteiger charge is 2.13. The molecule has 26 heavy (non-hydrogen) atoms. The van der Waals surface area contributed by atoms with Gasteiger partial charge >= 0.3 is 6.03 Å². The Balaban J connectivity index is 1.85. The van der Waals surface area contributed by atoms with E-state index in [9.17, 15) is 4.79 Å². The first kappa shape index (κ1) is 20.0. The van der Waals surface area contributed by atoms with Gasteiger partial charge in [0, 0.05) is 18.8 Å². The summed E-state index contributed by atoms with van der Waals surface area (Å²) in [5.74, 6) is 0. The van der Waals surface area contributed by atoms with Gasteiger partial charge in [0.25, 0.3) is 0 Å². The van der Waals surface area contributed by atoms with E-state index in [1.54, 1.807) is 0 Å². The minimum absolute atomic E-state index is 0.000638. The van der Waals surface area contributed by atoms with E-state index in [4.69, 9.17) is 0 Å². The lowest BCUT2D eigenvalue weighted by Crippen LogP contribution is -2.37. The molecule has 2 aromatic carbocycles. The fraction of sp³-hybridized carbons (Fsp3) is 0.435. The predicted molar refractivity (Wildman–Crippen MR) is 111 cm³/mol. The molecule has 2 rings (SSSR count). The van der Waals surface area contributed by atoms with Crippen LogP contribution in [0.5, 0.6) is 0 Å². The minimum atomic E-state index is 0.000638. The van der Waals surface area contributed by atoms with Crippen LogP contribution in [0.1, 0.15) is 51.0 Å². The molecule has 3 nitrogen and oxygen atoms in total. The molecule has 2 aromatic rings. The number of unbranched alkanes of at least 4 members (excludes halogenated alkanes) is 5. The van der Waals surface area contributed by atoms with Crippen molar-refractivity contribution in [2.75, 3.05) is 18.4 Å². The maximum atomic E-state index is 12.7. The molecule has 0 aromatic heterocycles. The summed E-state index contributed by atoms with van der Waals surface area (Å²) >= 11 is 0. The van der Waals surface area contributed by atoms with Gasteiger partial charge in [-0.25, -0.2) is 4.79 Å². The molecule has 0 saturated heterocycles. The van der Waals surface area contributed by atoms with Gasteiger partial charge in [-0.15, -0.1) is 0 Å². The van der Waals surface area contributed by atoms with E-state index in [-0.39, 0.29) is 6.03 Å². The zero-order valence-electron chi connectivity index (χ0n) is 16.0. The summed E-state index contributed by atoms with van der Waals surface area (Å²) < 4.78 is 0. The standard InChI is InChI=1S/C23H32N2O/c1-2-3-4-5-6-13-19-25(20-18-21-14-9-7-10-15-21)23(26)24-22-16-11-8-12-17-22/h7-12,14-17H,2-6,13,18-20H2,1H3,(H,24,26). The second-order valence-electron chi connectivity index (χ2n) is 6.79. The molecule has 0 saturated carbocycles. The number of benzene rings is 2. The van der Waals surface area contributed by atoms with Crippen LogP contribution in [0.3, 0.4) is 0 Å². The second-order valence-corrected chi connectivity index (χ2v) is 6.79. The molecule has 140 valence electrons. The average Bonchev–Trinajstić information content (AvgIpc) is 2.68. The highest BCUT2D eigenvalue weighted by molar-refractivity contribution is 5.89. The van der Waals surface area contributed by atoms with Gasteiger partial charge in [0.15, 0.2) is 0 Å². The monoisotopic (exact) mass is 352 g/mol. The number of nitrogens with zero attached hydrogens (tertiary/aromatic N) is 1. The van der Waals surface area contributed by atoms with Crippen molar-refractivity contribution in [2.24, 2.45) is 0 Å². The summed E-state index contributed by atoms with van der Waals surface area (Å²) in [5.41, 5.74) is 2.12. The minimum Gasteiger partial charge on any atom is -0.324 e. The number of para-hydroxylation sites is 1. The van der Waals surface area contributed by atoms with Crippen molar-refractivity contribution in [1.29, 1.82) is 0 Å². The number of amides is 2. The van der Waals surface area contributed by atoms with Crippen molar-refractivity contribution in [2.45, 2.75) is 51.9 Å². The van der Waals surface area contributed by atoms with E-state index >= 15 is 0 Å². The lowest BCUT2D eigenvalue weighted by Gasteiger charge is -2.23. The molecule has 0 aliphatic carbocycles. The Bertz CT molecular complexity index is 613. The molecule has 0 bridgehead atoms. The van der Waals surface area contributed by atoms with Crippen molar-refractivity contribution < 1.29 is 4.79 Å². The third-order valence-electron chi connectivity index (χ3n) is 4.61. The molecule has 0 aliphatic heterocycles. The first-order valence-corrected chi connectivity index (χ1v) is 9.94. The van der Waals surface area contributed by atoms with E-state index < -0.39 is 0 Å². The number of anilines is 1. The third-order valence-corrected chi connectivity index (χ3v) is 4.61. The summed E-state index contributed by atoms with van der Waals surface area (Å²) in [5, 5.41) is 3.03. The Morgan fingerprint density at radius 3 is 2.12 bits per heavy atom. The Labute approximate surface area is 158 Å². The van der Waals surface area contributed by atoms with Crippen molar-refractivity contribution in [3.8, 4) is 0 Å². The first-order chi connectivity index (χ1) is 12.8. The summed E-state index contributed by atoms with van der Waals surface area (Å²) in [7, 11) is 0. The van der Waals surface area contributed by atoms with E-state index in [0.29, 0.717) is 0 Å². The van der Waals surface area contributed by atoms with Crippen LogP contribution in [-0.4, -0.2) is 24.0 Å². The zero-order valence-corrected chi connectivity index (χ0v) is 16.0. The van der Waals surface area contributed by atoms with Gasteiger partial charge in [0.05, 0.1) is 0 Å². The summed E-state index contributed by atoms with van der Waals surface area (Å²) in [4.78, 5) is 14.7. The first-order valence-electron chi connectivity index (χ1n) is 9.94. The molecule has 0 unspecified atom stereocenters. The fourth-order valence-corrected chi connectivity index (χ4v) is 3.03. The number of carbonyl (C=O) groups excluding carboxylic acids is 1. The number of nitrogens with one attached hydrogen (secondary N) is 1. The lowest BCUT2D eigenvalue weighted by molar-refractivity contribution is 0.211. The van der Waals surface area contributed by atoms with Crippen molar-refractivity contribution >= 4 is 11.7 Å². The highest BCUT2D eigenvalue weighted by Crippen LogP contribution is 2.10. The molecular weight excluding hydrogens is 320 g/mol. The van der Waals surface area contributed by atoms with Crippen molar-refractivity contribution in [3.63, 3.8) is 0 Å². The highest BCUT2D eigenvalue weighted by atomic mass is 16.2. The SMILES string of the molecule is CCCCCCCCN(CCc1ccccc1)C(=O)Nc1ccccc1. The number of hydrogen-bond donors (Lipinski definition) is 1. The van der Waals surface area contributed by atoms with Gasteiger partial charge < -0.3 is 10.2 Å². The number of urea groups is 1. The fourth-order valence-electron chi connectivity index (χ4n) is 3.03. The van der Waals surface area contributed by atoms with Gasteiger partial charge in [-0.05, 0) is 30.5 Å². The van der Waals surface area contributed by atoms with Gasteiger partial charge in [0.2, 0.25) is 0 Å². The normalized spacial score (nSPS) is 10.5. The lowest BCUT2D eigenvalue weighted by atomic mass is 10.1. The second kappa shape index (κ2) is 12.1. The predicted octanol–water partition coefficient (Wildman–Crippen LogP) is 6.12. The van der Waals surface area contributed by atoms with E-state index in [0.717, 1.165) is 31.6 Å². The van der Waals surface area contributed by atoms with Crippen molar-refractivity contribution in [3.05, 3.63) is 66.2 Å². The molecule has 2 amide bonds. The van der Waals surface area contributed by atoms with E-state index in [1.807, 2.05) is 41.3 Å². The van der Waals surface area contributed by atoms with Crippen LogP contribution in [-0.2, 0) is 6.42 Å². The van der Waals surface area contributed by atoms with Crippen LogP contribution >= 0.6 is 0 Å². The van der Waals surface area contributed by atoms with Gasteiger partial charge in [-0.3, -0.25) is 0 Å². The number of rotatable bonds is 11. The molecule has 0 aliphatic rings. The Morgan fingerprint density at radius 1 is 0.808 bits per heavy atom. The van der Waals surface area contributed by atoms with Crippen LogP contribution in [0.2, 0.25) is 0 Å². The van der Waals surface area contributed by atoms with Crippen LogP contribution in [0.25, 0.3) is 0 Å². The van der Waals surface area contributed by atoms with Crippen LogP contribution in [0.4, 0.5) is 10.5 Å². The van der Waals surface area contributed by atoms with Gasteiger partial charge in [0.1, 0.15) is 0 Å². The van der Waals surface area contributed by atoms with Crippen LogP contribution < -0.4 is 5.32 Å². The molecule has 0 radical (unpaired) electrons. The van der Waals surface area contributed by atoms with E-state index in [2.05, 4.69) is 36.5 Å². The molecule has 0 spiro atoms. The summed E-state index contributed by atoms with van der Waals surface area (Å²) in [6.45, 7) is 3.80. The summed E-state index contributed by atoms with van der Waals surface area (Å²) in [6, 6.07) is 20.1. The number of hydrogen-bond acceptors (Lipinski definition) is 1. The molecule has 1 N–H and O–H groups in total. The maximum Gasteiger partial charge on any atom is 0.321 e. The van der Waals surface area contributed by atoms with Crippen molar-refractivity contribution in [1.82, 2.24) is 4.90 Å². The zero-order chi connectivity index (χ0) is 18.5. The smallest absolute Gasteiger partial charge is 0.321 e. The summed E-state index contributed by atoms with van der Waals surface area (Å²) in [6.07, 6.45) is 8.30. The average molecular weight is 353 g/mol. The molecule has 0 atom stereocenters. The Hall–Kier alpha value is -2.29. The molecule has 0 fully saturated rings. The quantitative estimate of drug-likeness (QED) is 0.485. The Kier molecular flexibility index (Phi) is 9.34. The third kappa shape index (κ3) is 7.73. The molecular formula is C23H32N2O. The van der Waals surface area contributed by atoms with Gasteiger partial charge in [-0.1, -0.05) is 87.6 Å². The molecule has 3 heteroatoms. The van der Waals surface area contributed by atoms with E-state index in [1.165, 1.54) is 37.7 Å². The largest absolute Gasteiger partial charge is 0.324 e. The maximum absolute atomic E-state index is 12.7. The number of carbonyl (C=O) groups is 1. The van der Waals surface area contributed by atoms with Crippen LogP contribution in [0.15, 0.2) is 60.7 Å². The topological polar surface area (TPSA) is 32.3 Å².